The third-order valence-electron chi connectivity index (χ3n) is 5.05. The first kappa shape index (κ1) is 19.2. The monoisotopic (exact) mass is 397 g/mol. The van der Waals surface area contributed by atoms with Crippen molar-refractivity contribution in [2.75, 3.05) is 11.2 Å². The van der Waals surface area contributed by atoms with E-state index >= 15 is 0 Å². The summed E-state index contributed by atoms with van der Waals surface area (Å²) in [6.07, 6.45) is 0.444. The standard InChI is InChI=1S/C26H24NOP/c28-29(25-17-9-3-10-18-25,26-19-11-4-12-20-26)22-27(24-15-7-2-8-16-24)21-23-13-5-1-6-14-23/h1-20H,21-22H2. The lowest BCUT2D eigenvalue weighted by Gasteiger charge is -2.30. The van der Waals surface area contributed by atoms with Gasteiger partial charge >= 0.3 is 0 Å². The molecular weight excluding hydrogens is 373 g/mol. The lowest BCUT2D eigenvalue weighted by atomic mass is 10.2. The maximum Gasteiger partial charge on any atom is 0.161 e. The lowest BCUT2D eigenvalue weighted by Crippen LogP contribution is -2.30. The number of benzene rings is 4. The molecule has 0 aliphatic carbocycles. The number of rotatable bonds is 7. The molecule has 0 aliphatic rings. The molecule has 0 amide bonds. The maximum atomic E-state index is 14.5. The van der Waals surface area contributed by atoms with Crippen LogP contribution in [-0.2, 0) is 11.1 Å². The molecule has 0 atom stereocenters. The minimum atomic E-state index is -2.86. The van der Waals surface area contributed by atoms with Gasteiger partial charge in [-0.1, -0.05) is 109 Å². The van der Waals surface area contributed by atoms with E-state index in [2.05, 4.69) is 29.2 Å². The molecule has 0 bridgehead atoms. The number of hydrogen-bond acceptors (Lipinski definition) is 2. The van der Waals surface area contributed by atoms with E-state index in [4.69, 9.17) is 0 Å². The van der Waals surface area contributed by atoms with Crippen LogP contribution in [-0.4, -0.2) is 6.29 Å². The van der Waals surface area contributed by atoms with Crippen molar-refractivity contribution >= 4 is 23.4 Å². The van der Waals surface area contributed by atoms with E-state index in [0.29, 0.717) is 12.8 Å². The molecule has 0 unspecified atom stereocenters. The van der Waals surface area contributed by atoms with Gasteiger partial charge in [-0.25, -0.2) is 0 Å². The van der Waals surface area contributed by atoms with Crippen molar-refractivity contribution < 1.29 is 4.57 Å². The smallest absolute Gasteiger partial charge is 0.161 e. The minimum absolute atomic E-state index is 0.444. The highest BCUT2D eigenvalue weighted by atomic mass is 31.2. The van der Waals surface area contributed by atoms with E-state index in [1.165, 1.54) is 5.56 Å². The first-order chi connectivity index (χ1) is 14.3. The molecule has 0 saturated carbocycles. The van der Waals surface area contributed by atoms with E-state index in [1.807, 2.05) is 97.1 Å². The summed E-state index contributed by atoms with van der Waals surface area (Å²) >= 11 is 0. The molecule has 0 saturated heterocycles. The molecule has 3 heteroatoms. The molecule has 0 aromatic heterocycles. The Kier molecular flexibility index (Phi) is 5.93. The molecule has 0 heterocycles. The predicted molar refractivity (Wildman–Crippen MR) is 124 cm³/mol. The summed E-state index contributed by atoms with van der Waals surface area (Å²) in [5.74, 6) is 0. The highest BCUT2D eigenvalue weighted by Gasteiger charge is 2.30. The fraction of sp³-hybridized carbons (Fsp3) is 0.0769. The van der Waals surface area contributed by atoms with E-state index in [-0.39, 0.29) is 0 Å². The van der Waals surface area contributed by atoms with Crippen molar-refractivity contribution in [2.24, 2.45) is 0 Å². The molecule has 0 radical (unpaired) electrons. The normalized spacial score (nSPS) is 11.2. The number of anilines is 1. The van der Waals surface area contributed by atoms with Crippen molar-refractivity contribution in [3.8, 4) is 0 Å². The Labute approximate surface area is 172 Å². The first-order valence-electron chi connectivity index (χ1n) is 9.80. The summed E-state index contributed by atoms with van der Waals surface area (Å²) < 4.78 is 14.5. The SMILES string of the molecule is O=P(CN(Cc1ccccc1)c1ccccc1)(c1ccccc1)c1ccccc1. The highest BCUT2D eigenvalue weighted by molar-refractivity contribution is 7.78. The molecule has 0 N–H and O–H groups in total. The van der Waals surface area contributed by atoms with Crippen molar-refractivity contribution in [3.63, 3.8) is 0 Å². The predicted octanol–water partition coefficient (Wildman–Crippen LogP) is 5.66. The fourth-order valence-corrected chi connectivity index (χ4v) is 6.23. The van der Waals surface area contributed by atoms with E-state index < -0.39 is 7.14 Å². The van der Waals surface area contributed by atoms with Crippen LogP contribution in [0.2, 0.25) is 0 Å². The number of hydrogen-bond donors (Lipinski definition) is 0. The molecular formula is C26H24NOP. The summed E-state index contributed by atoms with van der Waals surface area (Å²) in [6, 6.07) is 40.4. The van der Waals surface area contributed by atoms with Gasteiger partial charge in [-0.2, -0.15) is 0 Å². The third kappa shape index (κ3) is 4.50. The Bertz CT molecular complexity index is 1020. The van der Waals surface area contributed by atoms with Gasteiger partial charge in [-0.3, -0.25) is 0 Å². The topological polar surface area (TPSA) is 20.3 Å². The van der Waals surface area contributed by atoms with Gasteiger partial charge in [0.15, 0.2) is 7.14 Å². The van der Waals surface area contributed by atoms with Gasteiger partial charge in [-0.05, 0) is 17.7 Å². The van der Waals surface area contributed by atoms with Gasteiger partial charge in [0, 0.05) is 22.8 Å². The lowest BCUT2D eigenvalue weighted by molar-refractivity contribution is 0.585. The van der Waals surface area contributed by atoms with Gasteiger partial charge in [0.1, 0.15) is 0 Å². The van der Waals surface area contributed by atoms with E-state index in [1.54, 1.807) is 0 Å². The second kappa shape index (κ2) is 8.94. The van der Waals surface area contributed by atoms with Crippen LogP contribution in [0.25, 0.3) is 0 Å². The van der Waals surface area contributed by atoms with Crippen LogP contribution in [0, 0.1) is 0 Å². The van der Waals surface area contributed by atoms with Crippen molar-refractivity contribution in [2.45, 2.75) is 6.54 Å². The van der Waals surface area contributed by atoms with Crippen molar-refractivity contribution in [1.29, 1.82) is 0 Å². The quantitative estimate of drug-likeness (QED) is 0.375. The summed E-state index contributed by atoms with van der Waals surface area (Å²) in [7, 11) is -2.86. The van der Waals surface area contributed by atoms with Crippen molar-refractivity contribution in [1.82, 2.24) is 0 Å². The summed E-state index contributed by atoms with van der Waals surface area (Å²) in [5, 5.41) is 1.78. The number of nitrogens with zero attached hydrogens (tertiary/aromatic N) is 1. The molecule has 4 rings (SSSR count). The van der Waals surface area contributed by atoms with Crippen LogP contribution in [0.3, 0.4) is 0 Å². The zero-order valence-electron chi connectivity index (χ0n) is 16.3. The summed E-state index contributed by atoms with van der Waals surface area (Å²) in [4.78, 5) is 2.23. The van der Waals surface area contributed by atoms with E-state index in [9.17, 15) is 4.57 Å². The fourth-order valence-electron chi connectivity index (χ4n) is 3.56. The highest BCUT2D eigenvalue weighted by Crippen LogP contribution is 2.45. The van der Waals surface area contributed by atoms with E-state index in [0.717, 1.165) is 16.3 Å². The summed E-state index contributed by atoms with van der Waals surface area (Å²) in [6.45, 7) is 0.703. The van der Waals surface area contributed by atoms with Gasteiger partial charge < -0.3 is 9.46 Å². The molecule has 2 nitrogen and oxygen atoms in total. The zero-order chi connectivity index (χ0) is 19.9. The van der Waals surface area contributed by atoms with Crippen LogP contribution in [0.4, 0.5) is 5.69 Å². The molecule has 4 aromatic carbocycles. The molecule has 4 aromatic rings. The van der Waals surface area contributed by atoms with Crippen molar-refractivity contribution in [3.05, 3.63) is 127 Å². The Morgan fingerprint density at radius 3 is 1.45 bits per heavy atom. The molecule has 0 aliphatic heterocycles. The van der Waals surface area contributed by atoms with Crippen LogP contribution in [0.5, 0.6) is 0 Å². The average Bonchev–Trinajstić information content (AvgIpc) is 2.81. The average molecular weight is 397 g/mol. The maximum absolute atomic E-state index is 14.5. The summed E-state index contributed by atoms with van der Waals surface area (Å²) in [5.41, 5.74) is 2.27. The second-order valence-electron chi connectivity index (χ2n) is 7.07. The Hall–Kier alpha value is -3.09. The zero-order valence-corrected chi connectivity index (χ0v) is 17.2. The van der Waals surface area contributed by atoms with Gasteiger partial charge in [0.25, 0.3) is 0 Å². The van der Waals surface area contributed by atoms with Crippen LogP contribution in [0.15, 0.2) is 121 Å². The van der Waals surface area contributed by atoms with Gasteiger partial charge in [0.2, 0.25) is 0 Å². The van der Waals surface area contributed by atoms with Gasteiger partial charge in [0.05, 0.1) is 6.29 Å². The molecule has 29 heavy (non-hydrogen) atoms. The largest absolute Gasteiger partial charge is 0.359 e. The Balaban J connectivity index is 1.77. The Morgan fingerprint density at radius 2 is 0.966 bits per heavy atom. The second-order valence-corrected chi connectivity index (χ2v) is 9.87. The number of para-hydroxylation sites is 1. The first-order valence-corrected chi connectivity index (χ1v) is 11.7. The molecule has 0 spiro atoms. The minimum Gasteiger partial charge on any atom is -0.359 e. The molecule has 144 valence electrons. The van der Waals surface area contributed by atoms with Crippen LogP contribution >= 0.6 is 7.14 Å². The third-order valence-corrected chi connectivity index (χ3v) is 8.06. The van der Waals surface area contributed by atoms with Gasteiger partial charge in [-0.15, -0.1) is 0 Å². The Morgan fingerprint density at radius 1 is 0.552 bits per heavy atom. The van der Waals surface area contributed by atoms with Crippen LogP contribution in [0.1, 0.15) is 5.56 Å². The molecule has 0 fully saturated rings. The van der Waals surface area contributed by atoms with Crippen LogP contribution < -0.4 is 15.5 Å².